The molecule has 1 aromatic rings. The third-order valence-corrected chi connectivity index (χ3v) is 2.57. The van der Waals surface area contributed by atoms with E-state index in [1.807, 2.05) is 0 Å². The molecule has 1 heterocycles. The SMILES string of the molecule is NC1CC(CNC(=O)c2ccco2)C1. The molecule has 0 spiro atoms. The second kappa shape index (κ2) is 3.84. The molecule has 0 atom stereocenters. The van der Waals surface area contributed by atoms with Gasteiger partial charge in [0.05, 0.1) is 6.26 Å². The highest BCUT2D eigenvalue weighted by molar-refractivity contribution is 5.91. The van der Waals surface area contributed by atoms with Crippen LogP contribution in [0.25, 0.3) is 0 Å². The molecule has 76 valence electrons. The Morgan fingerprint density at radius 2 is 2.43 bits per heavy atom. The molecular weight excluding hydrogens is 180 g/mol. The number of hydrogen-bond donors (Lipinski definition) is 2. The summed E-state index contributed by atoms with van der Waals surface area (Å²) in [5, 5.41) is 2.82. The molecule has 14 heavy (non-hydrogen) atoms. The lowest BCUT2D eigenvalue weighted by Crippen LogP contribution is -2.42. The topological polar surface area (TPSA) is 68.3 Å². The largest absolute Gasteiger partial charge is 0.459 e. The summed E-state index contributed by atoms with van der Waals surface area (Å²) in [7, 11) is 0. The Balaban J connectivity index is 1.74. The van der Waals surface area contributed by atoms with Gasteiger partial charge in [-0.15, -0.1) is 0 Å². The van der Waals surface area contributed by atoms with Crippen LogP contribution in [0, 0.1) is 5.92 Å². The van der Waals surface area contributed by atoms with E-state index in [0.29, 0.717) is 24.3 Å². The van der Waals surface area contributed by atoms with Crippen molar-refractivity contribution in [1.82, 2.24) is 5.32 Å². The molecule has 0 aliphatic heterocycles. The summed E-state index contributed by atoms with van der Waals surface area (Å²) in [6, 6.07) is 3.69. The van der Waals surface area contributed by atoms with Crippen molar-refractivity contribution in [1.29, 1.82) is 0 Å². The lowest BCUT2D eigenvalue weighted by molar-refractivity contribution is 0.0907. The monoisotopic (exact) mass is 194 g/mol. The van der Waals surface area contributed by atoms with Crippen LogP contribution in [-0.4, -0.2) is 18.5 Å². The second-order valence-corrected chi connectivity index (χ2v) is 3.78. The summed E-state index contributed by atoms with van der Waals surface area (Å²) in [6.07, 6.45) is 3.52. The standard InChI is InChI=1S/C10H14N2O2/c11-8-4-7(5-8)6-12-10(13)9-2-1-3-14-9/h1-3,7-8H,4-6,11H2,(H,12,13). The summed E-state index contributed by atoms with van der Waals surface area (Å²) in [5.41, 5.74) is 5.64. The Bertz CT molecular complexity index is 302. The zero-order chi connectivity index (χ0) is 9.97. The molecule has 1 saturated carbocycles. The smallest absolute Gasteiger partial charge is 0.286 e. The summed E-state index contributed by atoms with van der Waals surface area (Å²) < 4.78 is 4.96. The van der Waals surface area contributed by atoms with E-state index >= 15 is 0 Å². The maximum atomic E-state index is 11.4. The minimum absolute atomic E-state index is 0.143. The van der Waals surface area contributed by atoms with Crippen molar-refractivity contribution in [2.24, 2.45) is 11.7 Å². The third-order valence-electron chi connectivity index (χ3n) is 2.57. The highest BCUT2D eigenvalue weighted by atomic mass is 16.3. The van der Waals surface area contributed by atoms with Crippen molar-refractivity contribution in [3.63, 3.8) is 0 Å². The number of amides is 1. The van der Waals surface area contributed by atoms with E-state index in [2.05, 4.69) is 5.32 Å². The van der Waals surface area contributed by atoms with Crippen molar-refractivity contribution in [2.45, 2.75) is 18.9 Å². The molecular formula is C10H14N2O2. The molecule has 0 bridgehead atoms. The van der Waals surface area contributed by atoms with Crippen LogP contribution in [0.2, 0.25) is 0 Å². The zero-order valence-corrected chi connectivity index (χ0v) is 7.90. The third kappa shape index (κ3) is 1.96. The Kier molecular flexibility index (Phi) is 2.54. The maximum absolute atomic E-state index is 11.4. The minimum Gasteiger partial charge on any atom is -0.459 e. The van der Waals surface area contributed by atoms with Gasteiger partial charge in [-0.3, -0.25) is 4.79 Å². The lowest BCUT2D eigenvalue weighted by Gasteiger charge is -2.32. The van der Waals surface area contributed by atoms with Crippen molar-refractivity contribution in [3.05, 3.63) is 24.2 Å². The van der Waals surface area contributed by atoms with Gasteiger partial charge in [0, 0.05) is 12.6 Å². The fourth-order valence-electron chi connectivity index (χ4n) is 1.69. The van der Waals surface area contributed by atoms with Gasteiger partial charge in [-0.25, -0.2) is 0 Å². The van der Waals surface area contributed by atoms with Gasteiger partial charge in [0.1, 0.15) is 0 Å². The van der Waals surface area contributed by atoms with Crippen LogP contribution in [-0.2, 0) is 0 Å². The van der Waals surface area contributed by atoms with E-state index in [4.69, 9.17) is 10.2 Å². The fraction of sp³-hybridized carbons (Fsp3) is 0.500. The predicted molar refractivity (Wildman–Crippen MR) is 51.7 cm³/mol. The molecule has 1 aromatic heterocycles. The summed E-state index contributed by atoms with van der Waals surface area (Å²) in [4.78, 5) is 11.4. The van der Waals surface area contributed by atoms with Gasteiger partial charge in [-0.1, -0.05) is 0 Å². The van der Waals surface area contributed by atoms with Gasteiger partial charge in [-0.2, -0.15) is 0 Å². The number of hydrogen-bond acceptors (Lipinski definition) is 3. The summed E-state index contributed by atoms with van der Waals surface area (Å²) in [6.45, 7) is 0.702. The fourth-order valence-corrected chi connectivity index (χ4v) is 1.69. The molecule has 0 unspecified atom stereocenters. The minimum atomic E-state index is -0.143. The molecule has 1 aliphatic rings. The van der Waals surface area contributed by atoms with Gasteiger partial charge >= 0.3 is 0 Å². The van der Waals surface area contributed by atoms with Gasteiger partial charge in [0.15, 0.2) is 5.76 Å². The molecule has 4 nitrogen and oxygen atoms in total. The van der Waals surface area contributed by atoms with E-state index in [0.717, 1.165) is 12.8 Å². The number of rotatable bonds is 3. The van der Waals surface area contributed by atoms with Crippen molar-refractivity contribution < 1.29 is 9.21 Å². The molecule has 0 saturated heterocycles. The van der Waals surface area contributed by atoms with E-state index in [-0.39, 0.29) is 5.91 Å². The zero-order valence-electron chi connectivity index (χ0n) is 7.90. The van der Waals surface area contributed by atoms with E-state index in [9.17, 15) is 4.79 Å². The van der Waals surface area contributed by atoms with Crippen LogP contribution in [0.5, 0.6) is 0 Å². The number of nitrogens with one attached hydrogen (secondary N) is 1. The molecule has 4 heteroatoms. The molecule has 1 fully saturated rings. The highest BCUT2D eigenvalue weighted by Gasteiger charge is 2.26. The summed E-state index contributed by atoms with van der Waals surface area (Å²) >= 11 is 0. The number of carbonyl (C=O) groups is 1. The Hall–Kier alpha value is -1.29. The molecule has 3 N–H and O–H groups in total. The first kappa shape index (κ1) is 9.27. The first-order valence-electron chi connectivity index (χ1n) is 4.83. The van der Waals surface area contributed by atoms with E-state index < -0.39 is 0 Å². The van der Waals surface area contributed by atoms with Crippen LogP contribution in [0.3, 0.4) is 0 Å². The molecule has 0 aromatic carbocycles. The second-order valence-electron chi connectivity index (χ2n) is 3.78. The number of carbonyl (C=O) groups excluding carboxylic acids is 1. The summed E-state index contributed by atoms with van der Waals surface area (Å²) in [5.74, 6) is 0.771. The van der Waals surface area contributed by atoms with Crippen molar-refractivity contribution in [3.8, 4) is 0 Å². The highest BCUT2D eigenvalue weighted by Crippen LogP contribution is 2.24. The van der Waals surface area contributed by atoms with Gasteiger partial charge in [0.2, 0.25) is 0 Å². The molecule has 2 rings (SSSR count). The van der Waals surface area contributed by atoms with E-state index in [1.165, 1.54) is 6.26 Å². The van der Waals surface area contributed by atoms with Crippen LogP contribution in [0.15, 0.2) is 22.8 Å². The van der Waals surface area contributed by atoms with Crippen LogP contribution >= 0.6 is 0 Å². The van der Waals surface area contributed by atoms with Gasteiger partial charge < -0.3 is 15.5 Å². The Labute approximate surface area is 82.5 Å². The predicted octanol–water partition coefficient (Wildman–Crippen LogP) is 0.747. The van der Waals surface area contributed by atoms with Crippen LogP contribution < -0.4 is 11.1 Å². The number of furan rings is 1. The van der Waals surface area contributed by atoms with Crippen molar-refractivity contribution in [2.75, 3.05) is 6.54 Å². The van der Waals surface area contributed by atoms with Crippen molar-refractivity contribution >= 4 is 5.91 Å². The van der Waals surface area contributed by atoms with Crippen LogP contribution in [0.1, 0.15) is 23.4 Å². The van der Waals surface area contributed by atoms with Gasteiger partial charge in [-0.05, 0) is 30.9 Å². The molecule has 1 amide bonds. The van der Waals surface area contributed by atoms with E-state index in [1.54, 1.807) is 12.1 Å². The van der Waals surface area contributed by atoms with Crippen LogP contribution in [0.4, 0.5) is 0 Å². The first-order chi connectivity index (χ1) is 6.75. The average Bonchev–Trinajstić information content (AvgIpc) is 2.62. The average molecular weight is 194 g/mol. The van der Waals surface area contributed by atoms with Gasteiger partial charge in [0.25, 0.3) is 5.91 Å². The molecule has 1 aliphatic carbocycles. The normalized spacial score (nSPS) is 25.5. The maximum Gasteiger partial charge on any atom is 0.286 e. The molecule has 0 radical (unpaired) electrons. The lowest BCUT2D eigenvalue weighted by atomic mass is 9.81. The Morgan fingerprint density at radius 1 is 1.64 bits per heavy atom. The Morgan fingerprint density at radius 3 is 3.00 bits per heavy atom. The quantitative estimate of drug-likeness (QED) is 0.746. The first-order valence-corrected chi connectivity index (χ1v) is 4.83. The number of nitrogens with two attached hydrogens (primary N) is 1.